The molecule has 0 aliphatic heterocycles. The molecule has 0 aliphatic carbocycles. The SMILES string of the molecule is COc1cc2nccc(Oc3ccc(N=O)cn3)c2cc1C(N)=O. The maximum Gasteiger partial charge on any atom is 0.252 e. The van der Waals surface area contributed by atoms with Crippen molar-refractivity contribution in [1.82, 2.24) is 9.97 Å². The molecule has 0 fully saturated rings. The molecule has 8 nitrogen and oxygen atoms in total. The van der Waals surface area contributed by atoms with E-state index in [1.54, 1.807) is 24.4 Å². The van der Waals surface area contributed by atoms with Gasteiger partial charge in [0.25, 0.3) is 5.91 Å². The summed E-state index contributed by atoms with van der Waals surface area (Å²) in [6, 6.07) is 7.79. The van der Waals surface area contributed by atoms with E-state index in [1.807, 2.05) is 0 Å². The highest BCUT2D eigenvalue weighted by atomic mass is 16.5. The molecule has 0 radical (unpaired) electrons. The van der Waals surface area contributed by atoms with Crippen LogP contribution in [0.2, 0.25) is 0 Å². The predicted molar refractivity (Wildman–Crippen MR) is 86.6 cm³/mol. The van der Waals surface area contributed by atoms with E-state index in [-0.39, 0.29) is 17.1 Å². The van der Waals surface area contributed by atoms with Gasteiger partial charge in [-0.3, -0.25) is 9.78 Å². The number of carbonyl (C=O) groups excluding carboxylic acids is 1. The smallest absolute Gasteiger partial charge is 0.252 e. The van der Waals surface area contributed by atoms with Gasteiger partial charge in [0.1, 0.15) is 17.2 Å². The molecule has 0 bridgehead atoms. The van der Waals surface area contributed by atoms with Crippen LogP contribution in [0.3, 0.4) is 0 Å². The normalized spacial score (nSPS) is 10.4. The second kappa shape index (κ2) is 6.29. The maximum absolute atomic E-state index is 11.6. The van der Waals surface area contributed by atoms with Gasteiger partial charge in [0.2, 0.25) is 5.88 Å². The van der Waals surface area contributed by atoms with Crippen molar-refractivity contribution in [3.63, 3.8) is 0 Å². The predicted octanol–water partition coefficient (Wildman–Crippen LogP) is 2.93. The van der Waals surface area contributed by atoms with Crippen LogP contribution in [0.4, 0.5) is 5.69 Å². The van der Waals surface area contributed by atoms with Gasteiger partial charge < -0.3 is 15.2 Å². The summed E-state index contributed by atoms with van der Waals surface area (Å²) in [5, 5.41) is 3.35. The molecule has 0 saturated carbocycles. The molecule has 1 aromatic carbocycles. The van der Waals surface area contributed by atoms with E-state index in [9.17, 15) is 9.70 Å². The number of carbonyl (C=O) groups is 1. The highest BCUT2D eigenvalue weighted by Gasteiger charge is 2.14. The summed E-state index contributed by atoms with van der Waals surface area (Å²) in [4.78, 5) is 30.2. The monoisotopic (exact) mass is 324 g/mol. The fourth-order valence-corrected chi connectivity index (χ4v) is 2.20. The minimum absolute atomic E-state index is 0.197. The summed E-state index contributed by atoms with van der Waals surface area (Å²) >= 11 is 0. The maximum atomic E-state index is 11.6. The van der Waals surface area contributed by atoms with Gasteiger partial charge in [-0.1, -0.05) is 0 Å². The summed E-state index contributed by atoms with van der Waals surface area (Å²) in [7, 11) is 1.44. The summed E-state index contributed by atoms with van der Waals surface area (Å²) in [6.07, 6.45) is 2.85. The number of benzene rings is 1. The van der Waals surface area contributed by atoms with Gasteiger partial charge >= 0.3 is 0 Å². The van der Waals surface area contributed by atoms with Gasteiger partial charge in [0.05, 0.1) is 24.4 Å². The molecule has 1 amide bonds. The van der Waals surface area contributed by atoms with Crippen LogP contribution >= 0.6 is 0 Å². The first-order valence-electron chi connectivity index (χ1n) is 6.86. The lowest BCUT2D eigenvalue weighted by Gasteiger charge is -2.11. The second-order valence-corrected chi connectivity index (χ2v) is 4.79. The number of amides is 1. The van der Waals surface area contributed by atoms with Crippen molar-refractivity contribution in [2.24, 2.45) is 10.9 Å². The van der Waals surface area contributed by atoms with Crippen LogP contribution in [0.15, 0.2) is 47.9 Å². The standard InChI is InChI=1S/C16H12N4O4/c1-23-14-7-12-10(6-11(14)16(17)21)13(4-5-18-12)24-15-3-2-9(20-22)8-19-15/h2-8H,1H3,(H2,17,21). The number of nitroso groups, excluding NO2 is 1. The fraction of sp³-hybridized carbons (Fsp3) is 0.0625. The van der Waals surface area contributed by atoms with Gasteiger partial charge in [-0.15, -0.1) is 4.91 Å². The molecule has 3 aromatic rings. The third kappa shape index (κ3) is 2.84. The molecule has 2 aromatic heterocycles. The van der Waals surface area contributed by atoms with Crippen LogP contribution in [0.5, 0.6) is 17.4 Å². The van der Waals surface area contributed by atoms with Crippen molar-refractivity contribution >= 4 is 22.5 Å². The number of fused-ring (bicyclic) bond motifs is 1. The van der Waals surface area contributed by atoms with Gasteiger partial charge in [0.15, 0.2) is 0 Å². The number of hydrogen-bond acceptors (Lipinski definition) is 7. The highest BCUT2D eigenvalue weighted by molar-refractivity contribution is 6.01. The van der Waals surface area contributed by atoms with Crippen molar-refractivity contribution < 1.29 is 14.3 Å². The first kappa shape index (κ1) is 15.3. The Kier molecular flexibility index (Phi) is 4.02. The first-order valence-corrected chi connectivity index (χ1v) is 6.86. The van der Waals surface area contributed by atoms with Crippen molar-refractivity contribution in [1.29, 1.82) is 0 Å². The summed E-state index contributed by atoms with van der Waals surface area (Å²) < 4.78 is 10.9. The van der Waals surface area contributed by atoms with Crippen molar-refractivity contribution in [3.8, 4) is 17.4 Å². The number of pyridine rings is 2. The Bertz CT molecular complexity index is 925. The lowest BCUT2D eigenvalue weighted by Crippen LogP contribution is -2.12. The zero-order valence-electron chi connectivity index (χ0n) is 12.6. The Labute approximate surface area is 136 Å². The van der Waals surface area contributed by atoms with Crippen LogP contribution in [0, 0.1) is 4.91 Å². The van der Waals surface area contributed by atoms with Crippen LogP contribution in [-0.2, 0) is 0 Å². The molecule has 24 heavy (non-hydrogen) atoms. The van der Waals surface area contributed by atoms with E-state index in [0.29, 0.717) is 22.4 Å². The zero-order valence-corrected chi connectivity index (χ0v) is 12.6. The molecule has 0 aliphatic rings. The molecule has 120 valence electrons. The van der Waals surface area contributed by atoms with Crippen molar-refractivity contribution in [2.75, 3.05) is 7.11 Å². The van der Waals surface area contributed by atoms with Gasteiger partial charge in [0, 0.05) is 23.7 Å². The average molecular weight is 324 g/mol. The topological polar surface area (TPSA) is 117 Å². The van der Waals surface area contributed by atoms with E-state index in [1.165, 1.54) is 25.4 Å². The zero-order chi connectivity index (χ0) is 17.1. The number of nitrogens with two attached hydrogens (primary N) is 1. The second-order valence-electron chi connectivity index (χ2n) is 4.79. The molecule has 0 unspecified atom stereocenters. The van der Waals surface area contributed by atoms with Crippen LogP contribution in [0.25, 0.3) is 10.9 Å². The molecule has 0 saturated heterocycles. The number of rotatable bonds is 5. The minimum Gasteiger partial charge on any atom is -0.496 e. The molecular weight excluding hydrogens is 312 g/mol. The quantitative estimate of drug-likeness (QED) is 0.721. The third-order valence-corrected chi connectivity index (χ3v) is 3.33. The van der Waals surface area contributed by atoms with E-state index in [4.69, 9.17) is 15.2 Å². The molecule has 3 rings (SSSR count). The molecule has 2 heterocycles. The number of methoxy groups -OCH3 is 1. The molecule has 0 atom stereocenters. The largest absolute Gasteiger partial charge is 0.496 e. The highest BCUT2D eigenvalue weighted by Crippen LogP contribution is 2.32. The Morgan fingerprint density at radius 2 is 2.00 bits per heavy atom. The average Bonchev–Trinajstić information content (AvgIpc) is 2.61. The Morgan fingerprint density at radius 3 is 2.62 bits per heavy atom. The Hall–Kier alpha value is -3.55. The number of hydrogen-bond donors (Lipinski definition) is 1. The van der Waals surface area contributed by atoms with E-state index in [0.717, 1.165) is 0 Å². The summed E-state index contributed by atoms with van der Waals surface area (Å²) in [5.74, 6) is 0.415. The summed E-state index contributed by atoms with van der Waals surface area (Å²) in [5.41, 5.74) is 6.37. The van der Waals surface area contributed by atoms with Crippen LogP contribution < -0.4 is 15.2 Å². The van der Waals surface area contributed by atoms with Crippen molar-refractivity contribution in [3.05, 3.63) is 53.2 Å². The molecule has 2 N–H and O–H groups in total. The van der Waals surface area contributed by atoms with Crippen LogP contribution in [0.1, 0.15) is 10.4 Å². The number of aromatic nitrogens is 2. The molecule has 8 heteroatoms. The van der Waals surface area contributed by atoms with Crippen LogP contribution in [-0.4, -0.2) is 23.0 Å². The van der Waals surface area contributed by atoms with Gasteiger partial charge in [-0.05, 0) is 23.4 Å². The van der Waals surface area contributed by atoms with E-state index in [2.05, 4.69) is 15.1 Å². The van der Waals surface area contributed by atoms with E-state index < -0.39 is 5.91 Å². The lowest BCUT2D eigenvalue weighted by molar-refractivity contribution is 0.0997. The van der Waals surface area contributed by atoms with Crippen molar-refractivity contribution in [2.45, 2.75) is 0 Å². The number of ether oxygens (including phenoxy) is 2. The Morgan fingerprint density at radius 1 is 1.17 bits per heavy atom. The number of nitrogens with zero attached hydrogens (tertiary/aromatic N) is 3. The van der Waals surface area contributed by atoms with Gasteiger partial charge in [-0.25, -0.2) is 4.98 Å². The number of primary amides is 1. The van der Waals surface area contributed by atoms with Gasteiger partial charge in [-0.2, -0.15) is 0 Å². The molecular formula is C16H12N4O4. The fourth-order valence-electron chi connectivity index (χ4n) is 2.20. The first-order chi connectivity index (χ1) is 11.6. The van der Waals surface area contributed by atoms with E-state index >= 15 is 0 Å². The Balaban J connectivity index is 2.08. The third-order valence-electron chi connectivity index (χ3n) is 3.33. The lowest BCUT2D eigenvalue weighted by atomic mass is 10.1. The molecule has 0 spiro atoms. The minimum atomic E-state index is -0.622. The summed E-state index contributed by atoms with van der Waals surface area (Å²) in [6.45, 7) is 0.